The normalized spacial score (nSPS) is 9.70. The SMILES string of the molecule is COc1cc(OC)cc(Oc2nc(C)ccc2C#N)c1. The molecule has 0 radical (unpaired) electrons. The quantitative estimate of drug-likeness (QED) is 0.854. The summed E-state index contributed by atoms with van der Waals surface area (Å²) in [7, 11) is 3.12. The summed E-state index contributed by atoms with van der Waals surface area (Å²) in [6, 6.07) is 10.6. The average molecular weight is 270 g/mol. The molecule has 0 fully saturated rings. The van der Waals surface area contributed by atoms with E-state index in [-0.39, 0.29) is 5.88 Å². The van der Waals surface area contributed by atoms with E-state index in [1.54, 1.807) is 44.6 Å². The van der Waals surface area contributed by atoms with Gasteiger partial charge in [-0.2, -0.15) is 5.26 Å². The second kappa shape index (κ2) is 5.93. The highest BCUT2D eigenvalue weighted by atomic mass is 16.5. The van der Waals surface area contributed by atoms with Crippen LogP contribution in [0.2, 0.25) is 0 Å². The predicted octanol–water partition coefficient (Wildman–Crippen LogP) is 3.07. The summed E-state index contributed by atoms with van der Waals surface area (Å²) < 4.78 is 16.0. The van der Waals surface area contributed by atoms with E-state index in [0.717, 1.165) is 5.69 Å². The maximum atomic E-state index is 9.07. The first-order valence-corrected chi connectivity index (χ1v) is 5.95. The molecule has 0 saturated heterocycles. The van der Waals surface area contributed by atoms with Crippen molar-refractivity contribution in [2.75, 3.05) is 14.2 Å². The highest BCUT2D eigenvalue weighted by Crippen LogP contribution is 2.31. The number of benzene rings is 1. The first kappa shape index (κ1) is 13.7. The molecule has 5 nitrogen and oxygen atoms in total. The fourth-order valence-corrected chi connectivity index (χ4v) is 1.65. The summed E-state index contributed by atoms with van der Waals surface area (Å²) in [5.74, 6) is 1.97. The minimum atomic E-state index is 0.266. The maximum Gasteiger partial charge on any atom is 0.237 e. The van der Waals surface area contributed by atoms with E-state index in [1.165, 1.54) is 0 Å². The summed E-state index contributed by atoms with van der Waals surface area (Å²) in [4.78, 5) is 4.22. The van der Waals surface area contributed by atoms with Gasteiger partial charge < -0.3 is 14.2 Å². The zero-order valence-corrected chi connectivity index (χ0v) is 11.5. The highest BCUT2D eigenvalue weighted by Gasteiger charge is 2.09. The van der Waals surface area contributed by atoms with Crippen molar-refractivity contribution in [1.82, 2.24) is 4.98 Å². The number of aryl methyl sites for hydroxylation is 1. The Hall–Kier alpha value is -2.74. The molecule has 0 spiro atoms. The van der Waals surface area contributed by atoms with E-state index in [4.69, 9.17) is 19.5 Å². The van der Waals surface area contributed by atoms with Crippen LogP contribution in [0.15, 0.2) is 30.3 Å². The van der Waals surface area contributed by atoms with Gasteiger partial charge in [-0.1, -0.05) is 0 Å². The monoisotopic (exact) mass is 270 g/mol. The zero-order valence-electron chi connectivity index (χ0n) is 11.5. The number of hydrogen-bond donors (Lipinski definition) is 0. The lowest BCUT2D eigenvalue weighted by molar-refractivity contribution is 0.384. The van der Waals surface area contributed by atoms with Crippen molar-refractivity contribution >= 4 is 0 Å². The van der Waals surface area contributed by atoms with Crippen molar-refractivity contribution in [2.45, 2.75) is 6.92 Å². The van der Waals surface area contributed by atoms with Crippen LogP contribution < -0.4 is 14.2 Å². The molecule has 0 N–H and O–H groups in total. The third-order valence-corrected chi connectivity index (χ3v) is 2.66. The molecule has 0 atom stereocenters. The molecule has 20 heavy (non-hydrogen) atoms. The van der Waals surface area contributed by atoms with Gasteiger partial charge in [0.05, 0.1) is 14.2 Å². The molecule has 2 aromatic rings. The molecule has 0 aliphatic heterocycles. The van der Waals surface area contributed by atoms with Gasteiger partial charge in [0.25, 0.3) is 0 Å². The summed E-state index contributed by atoms with van der Waals surface area (Å²) in [5, 5.41) is 9.07. The van der Waals surface area contributed by atoms with Crippen LogP contribution in [-0.4, -0.2) is 19.2 Å². The largest absolute Gasteiger partial charge is 0.496 e. The van der Waals surface area contributed by atoms with Crippen molar-refractivity contribution in [2.24, 2.45) is 0 Å². The summed E-state index contributed by atoms with van der Waals surface area (Å²) in [5.41, 5.74) is 1.14. The third kappa shape index (κ3) is 2.98. The first-order chi connectivity index (χ1) is 9.66. The van der Waals surface area contributed by atoms with E-state index in [2.05, 4.69) is 11.1 Å². The Morgan fingerprint density at radius 1 is 1.00 bits per heavy atom. The molecule has 0 unspecified atom stereocenters. The van der Waals surface area contributed by atoms with Crippen molar-refractivity contribution < 1.29 is 14.2 Å². The van der Waals surface area contributed by atoms with Crippen LogP contribution in [0.4, 0.5) is 0 Å². The van der Waals surface area contributed by atoms with Crippen LogP contribution in [0.5, 0.6) is 23.1 Å². The predicted molar refractivity (Wildman–Crippen MR) is 73.3 cm³/mol. The van der Waals surface area contributed by atoms with Crippen LogP contribution in [0.25, 0.3) is 0 Å². The first-order valence-electron chi connectivity index (χ1n) is 5.95. The lowest BCUT2D eigenvalue weighted by Gasteiger charge is -2.10. The Morgan fingerprint density at radius 2 is 1.60 bits per heavy atom. The molecular formula is C15H14N2O3. The second-order valence-electron chi connectivity index (χ2n) is 4.07. The van der Waals surface area contributed by atoms with Gasteiger partial charge in [-0.05, 0) is 19.1 Å². The smallest absolute Gasteiger partial charge is 0.237 e. The number of hydrogen-bond acceptors (Lipinski definition) is 5. The van der Waals surface area contributed by atoms with Gasteiger partial charge in [0.1, 0.15) is 28.9 Å². The molecule has 0 aliphatic rings. The van der Waals surface area contributed by atoms with E-state index >= 15 is 0 Å². The van der Waals surface area contributed by atoms with Crippen LogP contribution >= 0.6 is 0 Å². The van der Waals surface area contributed by atoms with Gasteiger partial charge in [-0.3, -0.25) is 0 Å². The Balaban J connectivity index is 2.39. The van der Waals surface area contributed by atoms with Gasteiger partial charge in [0.15, 0.2) is 0 Å². The zero-order chi connectivity index (χ0) is 14.5. The molecule has 1 aromatic heterocycles. The molecular weight excluding hydrogens is 256 g/mol. The fraction of sp³-hybridized carbons (Fsp3) is 0.200. The van der Waals surface area contributed by atoms with Gasteiger partial charge in [-0.15, -0.1) is 0 Å². The standard InChI is InChI=1S/C15H14N2O3/c1-10-4-5-11(9-16)15(17-10)20-14-7-12(18-2)6-13(8-14)19-3/h4-8H,1-3H3. The number of methoxy groups -OCH3 is 2. The third-order valence-electron chi connectivity index (χ3n) is 2.66. The Morgan fingerprint density at radius 3 is 2.15 bits per heavy atom. The number of pyridine rings is 1. The van der Waals surface area contributed by atoms with Crippen molar-refractivity contribution in [3.8, 4) is 29.2 Å². The fourth-order valence-electron chi connectivity index (χ4n) is 1.65. The minimum Gasteiger partial charge on any atom is -0.496 e. The Labute approximate surface area is 117 Å². The summed E-state index contributed by atoms with van der Waals surface area (Å²) in [6.45, 7) is 1.83. The van der Waals surface area contributed by atoms with Crippen LogP contribution in [0.1, 0.15) is 11.3 Å². The highest BCUT2D eigenvalue weighted by molar-refractivity contribution is 5.46. The van der Waals surface area contributed by atoms with Gasteiger partial charge in [-0.25, -0.2) is 4.98 Å². The molecule has 0 amide bonds. The maximum absolute atomic E-state index is 9.07. The van der Waals surface area contributed by atoms with Crippen LogP contribution in [0.3, 0.4) is 0 Å². The lowest BCUT2D eigenvalue weighted by Crippen LogP contribution is -1.95. The second-order valence-corrected chi connectivity index (χ2v) is 4.07. The molecule has 102 valence electrons. The molecule has 0 saturated carbocycles. The number of ether oxygens (including phenoxy) is 3. The molecule has 1 heterocycles. The lowest BCUT2D eigenvalue weighted by atomic mass is 10.2. The Kier molecular flexibility index (Phi) is 4.06. The molecule has 5 heteroatoms. The Bertz CT molecular complexity index is 640. The van der Waals surface area contributed by atoms with Crippen molar-refractivity contribution in [1.29, 1.82) is 5.26 Å². The van der Waals surface area contributed by atoms with Crippen molar-refractivity contribution in [3.05, 3.63) is 41.6 Å². The van der Waals surface area contributed by atoms with Crippen LogP contribution in [-0.2, 0) is 0 Å². The summed E-state index contributed by atoms with van der Waals surface area (Å²) >= 11 is 0. The summed E-state index contributed by atoms with van der Waals surface area (Å²) in [6.07, 6.45) is 0. The van der Waals surface area contributed by atoms with E-state index in [1.807, 2.05) is 6.92 Å². The number of nitrogens with zero attached hydrogens (tertiary/aromatic N) is 2. The van der Waals surface area contributed by atoms with E-state index < -0.39 is 0 Å². The van der Waals surface area contributed by atoms with Crippen LogP contribution in [0, 0.1) is 18.3 Å². The van der Waals surface area contributed by atoms with Gasteiger partial charge in [0, 0.05) is 23.9 Å². The molecule has 0 aliphatic carbocycles. The molecule has 2 rings (SSSR count). The number of rotatable bonds is 4. The average Bonchev–Trinajstić information content (AvgIpc) is 2.47. The number of nitriles is 1. The minimum absolute atomic E-state index is 0.266. The number of aromatic nitrogens is 1. The van der Waals surface area contributed by atoms with E-state index in [0.29, 0.717) is 22.8 Å². The molecule has 1 aromatic carbocycles. The topological polar surface area (TPSA) is 64.4 Å². The van der Waals surface area contributed by atoms with Gasteiger partial charge in [0.2, 0.25) is 5.88 Å². The molecule has 0 bridgehead atoms. The van der Waals surface area contributed by atoms with Gasteiger partial charge >= 0.3 is 0 Å². The van der Waals surface area contributed by atoms with E-state index in [9.17, 15) is 0 Å². The van der Waals surface area contributed by atoms with Crippen molar-refractivity contribution in [3.63, 3.8) is 0 Å².